The maximum Gasteiger partial charge on any atom is 0.304 e. The molecule has 0 unspecified atom stereocenters. The van der Waals surface area contributed by atoms with E-state index >= 15 is 0 Å². The summed E-state index contributed by atoms with van der Waals surface area (Å²) in [6.07, 6.45) is 0.984. The molecule has 2 aromatic heterocycles. The minimum Gasteiger partial charge on any atom is -0.489 e. The van der Waals surface area contributed by atoms with E-state index < -0.39 is 5.97 Å². The lowest BCUT2D eigenvalue weighted by atomic mass is 10.1. The Morgan fingerprint density at radius 3 is 2.87 bits per heavy atom. The number of carboxylic acids is 1. The third-order valence-corrected chi connectivity index (χ3v) is 6.39. The van der Waals surface area contributed by atoms with Gasteiger partial charge in [-0.05, 0) is 39.0 Å². The Kier molecular flexibility index (Phi) is 6.27. The number of carbonyl (C=O) groups is 1. The molecule has 3 heterocycles. The van der Waals surface area contributed by atoms with Gasteiger partial charge in [-0.25, -0.2) is 4.68 Å². The zero-order chi connectivity index (χ0) is 22.1. The summed E-state index contributed by atoms with van der Waals surface area (Å²) in [6, 6.07) is 5.61. The van der Waals surface area contributed by atoms with Crippen molar-refractivity contribution in [2.75, 3.05) is 13.1 Å². The zero-order valence-electron chi connectivity index (χ0n) is 17.6. The molecule has 1 aromatic carbocycles. The zero-order valence-corrected chi connectivity index (χ0v) is 19.2. The average molecular weight is 462 g/mol. The molecule has 1 aliphatic rings. The first-order valence-electron chi connectivity index (χ1n) is 10.1. The van der Waals surface area contributed by atoms with Gasteiger partial charge in [0.2, 0.25) is 5.13 Å². The minimum atomic E-state index is -0.775. The van der Waals surface area contributed by atoms with Crippen LogP contribution < -0.4 is 4.74 Å². The fourth-order valence-corrected chi connectivity index (χ4v) is 4.67. The number of hydrogen-bond donors (Lipinski definition) is 1. The molecule has 0 atom stereocenters. The van der Waals surface area contributed by atoms with Crippen molar-refractivity contribution >= 4 is 28.9 Å². The number of fused-ring (bicyclic) bond motifs is 1. The fourth-order valence-electron chi connectivity index (χ4n) is 3.60. The first-order chi connectivity index (χ1) is 14.8. The lowest BCUT2D eigenvalue weighted by molar-refractivity contribution is -0.137. The Hall–Kier alpha value is -2.49. The monoisotopic (exact) mass is 461 g/mol. The summed E-state index contributed by atoms with van der Waals surface area (Å²) in [5.41, 5.74) is 4.07. The smallest absolute Gasteiger partial charge is 0.304 e. The van der Waals surface area contributed by atoms with Gasteiger partial charge in [0.25, 0.3) is 0 Å². The van der Waals surface area contributed by atoms with Crippen LogP contribution in [0.25, 0.3) is 15.7 Å². The van der Waals surface area contributed by atoms with Crippen LogP contribution >= 0.6 is 22.9 Å². The van der Waals surface area contributed by atoms with Gasteiger partial charge >= 0.3 is 5.97 Å². The highest BCUT2D eigenvalue weighted by Crippen LogP contribution is 2.34. The maximum atomic E-state index is 10.9. The number of hydrogen-bond acceptors (Lipinski definition) is 7. The summed E-state index contributed by atoms with van der Waals surface area (Å²) in [6.45, 7) is 7.98. The van der Waals surface area contributed by atoms with E-state index in [1.165, 1.54) is 11.3 Å². The Labute approximate surface area is 189 Å². The summed E-state index contributed by atoms with van der Waals surface area (Å²) in [5, 5.41) is 24.4. The molecule has 1 aliphatic heterocycles. The second-order valence-electron chi connectivity index (χ2n) is 7.79. The Balaban J connectivity index is 1.55. The summed E-state index contributed by atoms with van der Waals surface area (Å²) >= 11 is 7.82. The highest BCUT2D eigenvalue weighted by atomic mass is 35.5. The third kappa shape index (κ3) is 4.73. The second kappa shape index (κ2) is 8.94. The van der Waals surface area contributed by atoms with Gasteiger partial charge in [0.1, 0.15) is 10.8 Å². The van der Waals surface area contributed by atoms with Crippen molar-refractivity contribution in [1.29, 1.82) is 0 Å². The predicted octanol–water partition coefficient (Wildman–Crippen LogP) is 3.97. The van der Waals surface area contributed by atoms with Gasteiger partial charge in [0.05, 0.1) is 23.2 Å². The molecule has 0 saturated carbocycles. The molecule has 0 amide bonds. The van der Waals surface area contributed by atoms with Crippen LogP contribution in [0.2, 0.25) is 5.02 Å². The third-order valence-electron chi connectivity index (χ3n) is 5.15. The van der Waals surface area contributed by atoms with Crippen molar-refractivity contribution in [3.05, 3.63) is 40.2 Å². The lowest BCUT2D eigenvalue weighted by Crippen LogP contribution is -2.32. The minimum absolute atomic E-state index is 0.0466. The van der Waals surface area contributed by atoms with E-state index in [1.54, 1.807) is 0 Å². The highest BCUT2D eigenvalue weighted by molar-refractivity contribution is 7.17. The van der Waals surface area contributed by atoms with Crippen LogP contribution in [0.3, 0.4) is 0 Å². The van der Waals surface area contributed by atoms with Crippen LogP contribution in [0.4, 0.5) is 0 Å². The molecule has 8 nitrogen and oxygen atoms in total. The average Bonchev–Trinajstić information content (AvgIpc) is 3.33. The normalized spacial score (nSPS) is 14.1. The van der Waals surface area contributed by atoms with E-state index in [0.29, 0.717) is 29.0 Å². The fraction of sp³-hybridized carbons (Fsp3) is 0.429. The van der Waals surface area contributed by atoms with Crippen LogP contribution in [0, 0.1) is 6.92 Å². The number of carboxylic acid groups (broad SMARTS) is 1. The van der Waals surface area contributed by atoms with Gasteiger partial charge in [0.15, 0.2) is 0 Å². The molecule has 4 rings (SSSR count). The molecular formula is C21H24ClN5O3S. The molecular weight excluding hydrogens is 438 g/mol. The number of nitrogens with zero attached hydrogens (tertiary/aromatic N) is 5. The van der Waals surface area contributed by atoms with Gasteiger partial charge in [-0.1, -0.05) is 22.9 Å². The highest BCUT2D eigenvalue weighted by Gasteiger charge is 2.25. The molecule has 0 spiro atoms. The van der Waals surface area contributed by atoms with Gasteiger partial charge in [-0.15, -0.1) is 10.2 Å². The van der Waals surface area contributed by atoms with Crippen molar-refractivity contribution in [1.82, 2.24) is 24.9 Å². The van der Waals surface area contributed by atoms with Gasteiger partial charge in [-0.3, -0.25) is 9.69 Å². The van der Waals surface area contributed by atoms with E-state index in [9.17, 15) is 4.79 Å². The van der Waals surface area contributed by atoms with Crippen LogP contribution in [-0.4, -0.2) is 55.1 Å². The summed E-state index contributed by atoms with van der Waals surface area (Å²) in [4.78, 5) is 13.0. The maximum absolute atomic E-state index is 10.9. The molecule has 164 valence electrons. The van der Waals surface area contributed by atoms with Crippen molar-refractivity contribution < 1.29 is 14.6 Å². The molecule has 0 fully saturated rings. The van der Waals surface area contributed by atoms with E-state index in [1.807, 2.05) is 43.7 Å². The predicted molar refractivity (Wildman–Crippen MR) is 119 cm³/mol. The van der Waals surface area contributed by atoms with Crippen molar-refractivity contribution in [3.8, 4) is 21.5 Å². The molecule has 0 saturated heterocycles. The van der Waals surface area contributed by atoms with Gasteiger partial charge in [0, 0.05) is 42.9 Å². The summed E-state index contributed by atoms with van der Waals surface area (Å²) in [7, 11) is 0. The number of benzene rings is 1. The van der Waals surface area contributed by atoms with Crippen LogP contribution in [0.5, 0.6) is 5.75 Å². The SMILES string of the molecule is Cc1c2c(nn1-c1nnc(-c3ccc(OC(C)C)c(Cl)c3)s1)CCN(CCC(=O)O)C2. The summed E-state index contributed by atoms with van der Waals surface area (Å²) < 4.78 is 7.53. The first-order valence-corrected chi connectivity index (χ1v) is 11.3. The molecule has 1 N–H and O–H groups in total. The van der Waals surface area contributed by atoms with Crippen molar-refractivity contribution in [2.45, 2.75) is 46.3 Å². The topological polar surface area (TPSA) is 93.4 Å². The quantitative estimate of drug-likeness (QED) is 0.568. The lowest BCUT2D eigenvalue weighted by Gasteiger charge is -2.25. The number of halogens is 1. The van der Waals surface area contributed by atoms with Crippen molar-refractivity contribution in [3.63, 3.8) is 0 Å². The van der Waals surface area contributed by atoms with E-state index in [0.717, 1.165) is 40.5 Å². The van der Waals surface area contributed by atoms with Crippen LogP contribution in [0.1, 0.15) is 37.2 Å². The summed E-state index contributed by atoms with van der Waals surface area (Å²) in [5.74, 6) is -0.128. The van der Waals surface area contributed by atoms with E-state index in [4.69, 9.17) is 26.5 Å². The number of aromatic nitrogens is 4. The standard InChI is InChI=1S/C21H24ClN5O3S/c1-12(2)30-18-5-4-14(10-16(18)22)20-23-24-21(31-20)27-13(3)15-11-26(9-7-19(28)29)8-6-17(15)25-27/h4-5,10,12H,6-9,11H2,1-3H3,(H,28,29). The molecule has 31 heavy (non-hydrogen) atoms. The van der Waals surface area contributed by atoms with Crippen molar-refractivity contribution in [2.24, 2.45) is 0 Å². The molecule has 0 bridgehead atoms. The number of rotatable bonds is 7. The Morgan fingerprint density at radius 1 is 1.35 bits per heavy atom. The number of ether oxygens (including phenoxy) is 1. The Bertz CT molecular complexity index is 1110. The van der Waals surface area contributed by atoms with E-state index in [2.05, 4.69) is 15.1 Å². The molecule has 0 aliphatic carbocycles. The second-order valence-corrected chi connectivity index (χ2v) is 9.16. The van der Waals surface area contributed by atoms with E-state index in [-0.39, 0.29) is 12.5 Å². The first kappa shape index (κ1) is 21.7. The molecule has 3 aromatic rings. The van der Waals surface area contributed by atoms with Gasteiger partial charge in [-0.2, -0.15) is 5.10 Å². The van der Waals surface area contributed by atoms with Crippen LogP contribution in [0.15, 0.2) is 18.2 Å². The molecule has 0 radical (unpaired) electrons. The molecule has 10 heteroatoms. The largest absolute Gasteiger partial charge is 0.489 e. The number of aliphatic carboxylic acids is 1. The Morgan fingerprint density at radius 2 is 2.16 bits per heavy atom. The van der Waals surface area contributed by atoms with Gasteiger partial charge < -0.3 is 9.84 Å². The van der Waals surface area contributed by atoms with Crippen LogP contribution in [-0.2, 0) is 17.8 Å².